The average molecular weight is 413 g/mol. The van der Waals surface area contributed by atoms with Crippen molar-refractivity contribution in [2.45, 2.75) is 43.4 Å². The highest BCUT2D eigenvalue weighted by Crippen LogP contribution is 2.34. The van der Waals surface area contributed by atoms with E-state index in [4.69, 9.17) is 11.6 Å². The molecule has 0 atom stereocenters. The molecular formula is C18H21ClN2O3S2. The number of carbonyl (C=O) groups excluding carboxylic acids is 1. The molecule has 0 unspecified atom stereocenters. The number of halogens is 1. The van der Waals surface area contributed by atoms with Gasteiger partial charge in [-0.05, 0) is 30.5 Å². The van der Waals surface area contributed by atoms with Crippen molar-refractivity contribution in [3.63, 3.8) is 0 Å². The summed E-state index contributed by atoms with van der Waals surface area (Å²) < 4.78 is 23.5. The number of carbonyl (C=O) groups is 1. The summed E-state index contributed by atoms with van der Waals surface area (Å²) in [5.74, 6) is 0.573. The van der Waals surface area contributed by atoms with Crippen molar-refractivity contribution in [2.24, 2.45) is 5.92 Å². The summed E-state index contributed by atoms with van der Waals surface area (Å²) in [4.78, 5) is 18.8. The van der Waals surface area contributed by atoms with Gasteiger partial charge in [-0.3, -0.25) is 9.69 Å². The molecule has 0 radical (unpaired) electrons. The Balaban J connectivity index is 1.87. The molecule has 26 heavy (non-hydrogen) atoms. The molecule has 0 saturated heterocycles. The lowest BCUT2D eigenvalue weighted by Crippen LogP contribution is -2.26. The molecule has 1 saturated carbocycles. The fraction of sp³-hybridized carbons (Fsp3) is 0.444. The second-order valence-electron chi connectivity index (χ2n) is 6.62. The molecule has 1 amide bonds. The maximum absolute atomic E-state index is 12.9. The number of amides is 1. The van der Waals surface area contributed by atoms with E-state index < -0.39 is 9.84 Å². The molecule has 1 aromatic heterocycles. The maximum atomic E-state index is 12.9. The Morgan fingerprint density at radius 2 is 2.08 bits per heavy atom. The third-order valence-corrected chi connectivity index (χ3v) is 7.01. The molecule has 1 aliphatic rings. The number of sulfone groups is 1. The van der Waals surface area contributed by atoms with E-state index in [1.165, 1.54) is 54.1 Å². The normalized spacial score (nSPS) is 15.3. The molecule has 0 N–H and O–H groups in total. The number of anilines is 2. The molecule has 0 aliphatic heterocycles. The van der Waals surface area contributed by atoms with Gasteiger partial charge < -0.3 is 0 Å². The van der Waals surface area contributed by atoms with Gasteiger partial charge >= 0.3 is 0 Å². The molecule has 1 fully saturated rings. The molecule has 140 valence electrons. The smallest absolute Gasteiger partial charge is 0.233 e. The van der Waals surface area contributed by atoms with Crippen LogP contribution in [0.2, 0.25) is 5.02 Å². The van der Waals surface area contributed by atoms with Gasteiger partial charge in [0.1, 0.15) is 0 Å². The summed E-state index contributed by atoms with van der Waals surface area (Å²) in [5, 5.41) is 2.47. The van der Waals surface area contributed by atoms with E-state index in [0.29, 0.717) is 23.2 Å². The van der Waals surface area contributed by atoms with Gasteiger partial charge in [0.2, 0.25) is 5.91 Å². The van der Waals surface area contributed by atoms with Crippen molar-refractivity contribution in [1.82, 2.24) is 4.98 Å². The maximum Gasteiger partial charge on any atom is 0.233 e. The molecular weight excluding hydrogens is 392 g/mol. The SMILES string of the molecule is CS(=O)(=O)c1ccc(N(C(=O)CCC2CCCC2)c2nccs2)cc1Cl. The first kappa shape index (κ1) is 19.3. The summed E-state index contributed by atoms with van der Waals surface area (Å²) in [7, 11) is -3.42. The summed E-state index contributed by atoms with van der Waals surface area (Å²) in [6.07, 6.45) is 8.95. The van der Waals surface area contributed by atoms with Crippen LogP contribution >= 0.6 is 22.9 Å². The largest absolute Gasteiger partial charge is 0.274 e. The van der Waals surface area contributed by atoms with E-state index in [1.807, 2.05) is 0 Å². The monoisotopic (exact) mass is 412 g/mol. The molecule has 2 aromatic rings. The highest BCUT2D eigenvalue weighted by molar-refractivity contribution is 7.90. The zero-order chi connectivity index (χ0) is 18.7. The molecule has 3 rings (SSSR count). The predicted molar refractivity (Wildman–Crippen MR) is 105 cm³/mol. The number of thiazole rings is 1. The zero-order valence-electron chi connectivity index (χ0n) is 14.5. The Morgan fingerprint density at radius 3 is 2.65 bits per heavy atom. The lowest BCUT2D eigenvalue weighted by atomic mass is 10.0. The zero-order valence-corrected chi connectivity index (χ0v) is 16.9. The summed E-state index contributed by atoms with van der Waals surface area (Å²) in [6.45, 7) is 0. The van der Waals surface area contributed by atoms with Crippen LogP contribution in [0.3, 0.4) is 0 Å². The van der Waals surface area contributed by atoms with Crippen molar-refractivity contribution >= 4 is 49.5 Å². The lowest BCUT2D eigenvalue weighted by Gasteiger charge is -2.21. The average Bonchev–Trinajstić information content (AvgIpc) is 3.26. The lowest BCUT2D eigenvalue weighted by molar-refractivity contribution is -0.118. The number of hydrogen-bond acceptors (Lipinski definition) is 5. The van der Waals surface area contributed by atoms with Crippen LogP contribution in [0.15, 0.2) is 34.7 Å². The van der Waals surface area contributed by atoms with E-state index in [-0.39, 0.29) is 15.8 Å². The Morgan fingerprint density at radius 1 is 1.35 bits per heavy atom. The topological polar surface area (TPSA) is 67.3 Å². The second kappa shape index (κ2) is 8.06. The molecule has 0 bridgehead atoms. The van der Waals surface area contributed by atoms with Crippen LogP contribution in [0.5, 0.6) is 0 Å². The first-order valence-corrected chi connectivity index (χ1v) is 11.7. The van der Waals surface area contributed by atoms with Gasteiger partial charge in [-0.2, -0.15) is 0 Å². The van der Waals surface area contributed by atoms with Crippen LogP contribution in [-0.4, -0.2) is 25.6 Å². The number of benzene rings is 1. The summed E-state index contributed by atoms with van der Waals surface area (Å²) in [6, 6.07) is 4.57. The first-order chi connectivity index (χ1) is 12.4. The van der Waals surface area contributed by atoms with Gasteiger partial charge in [-0.1, -0.05) is 37.3 Å². The molecule has 8 heteroatoms. The van der Waals surface area contributed by atoms with Crippen molar-refractivity contribution in [3.05, 3.63) is 34.8 Å². The Bertz CT molecular complexity index is 876. The van der Waals surface area contributed by atoms with E-state index >= 15 is 0 Å². The van der Waals surface area contributed by atoms with Crippen molar-refractivity contribution in [1.29, 1.82) is 0 Å². The van der Waals surface area contributed by atoms with Crippen molar-refractivity contribution < 1.29 is 13.2 Å². The summed E-state index contributed by atoms with van der Waals surface area (Å²) >= 11 is 7.53. The van der Waals surface area contributed by atoms with Gasteiger partial charge in [0.15, 0.2) is 15.0 Å². The minimum Gasteiger partial charge on any atom is -0.274 e. The Kier molecular flexibility index (Phi) is 5.99. The second-order valence-corrected chi connectivity index (χ2v) is 9.88. The van der Waals surface area contributed by atoms with E-state index in [2.05, 4.69) is 4.98 Å². The fourth-order valence-electron chi connectivity index (χ4n) is 3.36. The van der Waals surface area contributed by atoms with Crippen LogP contribution in [-0.2, 0) is 14.6 Å². The van der Waals surface area contributed by atoms with Crippen LogP contribution in [0.25, 0.3) is 0 Å². The van der Waals surface area contributed by atoms with Crippen molar-refractivity contribution in [3.8, 4) is 0 Å². The highest BCUT2D eigenvalue weighted by atomic mass is 35.5. The first-order valence-electron chi connectivity index (χ1n) is 8.58. The predicted octanol–water partition coefficient (Wildman–Crippen LogP) is 4.84. The molecule has 1 aliphatic carbocycles. The van der Waals surface area contributed by atoms with E-state index in [0.717, 1.165) is 12.7 Å². The van der Waals surface area contributed by atoms with E-state index in [1.54, 1.807) is 17.6 Å². The van der Waals surface area contributed by atoms with Gasteiger partial charge in [0.25, 0.3) is 0 Å². The van der Waals surface area contributed by atoms with E-state index in [9.17, 15) is 13.2 Å². The number of aromatic nitrogens is 1. The standard InChI is InChI=1S/C18H21ClN2O3S2/c1-26(23,24)16-8-7-14(12-15(16)19)21(18-20-10-11-25-18)17(22)9-6-13-4-2-3-5-13/h7-8,10-13H,2-6,9H2,1H3. The highest BCUT2D eigenvalue weighted by Gasteiger charge is 2.24. The number of hydrogen-bond donors (Lipinski definition) is 0. The van der Waals surface area contributed by atoms with Crippen molar-refractivity contribution in [2.75, 3.05) is 11.2 Å². The van der Waals surface area contributed by atoms with Crippen LogP contribution in [0.1, 0.15) is 38.5 Å². The van der Waals surface area contributed by atoms with Gasteiger partial charge in [-0.15, -0.1) is 11.3 Å². The minimum absolute atomic E-state index is 0.0463. The van der Waals surface area contributed by atoms with Crippen LogP contribution < -0.4 is 4.90 Å². The van der Waals surface area contributed by atoms with Gasteiger partial charge in [0, 0.05) is 24.3 Å². The number of rotatable bonds is 6. The quantitative estimate of drug-likeness (QED) is 0.681. The van der Waals surface area contributed by atoms with Crippen LogP contribution in [0.4, 0.5) is 10.8 Å². The molecule has 5 nitrogen and oxygen atoms in total. The third kappa shape index (κ3) is 4.45. The molecule has 1 aromatic carbocycles. The Labute approximate surface area is 162 Å². The van der Waals surface area contributed by atoms with Crippen LogP contribution in [0, 0.1) is 5.92 Å². The third-order valence-electron chi connectivity index (χ3n) is 4.67. The minimum atomic E-state index is -3.42. The molecule has 1 heterocycles. The van der Waals surface area contributed by atoms with Gasteiger partial charge in [-0.25, -0.2) is 13.4 Å². The Hall–Kier alpha value is -1.44. The van der Waals surface area contributed by atoms with Gasteiger partial charge in [0.05, 0.1) is 15.6 Å². The summed E-state index contributed by atoms with van der Waals surface area (Å²) in [5.41, 5.74) is 0.536. The fourth-order valence-corrected chi connectivity index (χ4v) is 5.36. The number of nitrogens with zero attached hydrogens (tertiary/aromatic N) is 2. The molecule has 0 spiro atoms.